The largest absolute Gasteiger partial charge is 0.318 e. The molecule has 4 aromatic rings. The highest BCUT2D eigenvalue weighted by Crippen LogP contribution is 2.21. The van der Waals surface area contributed by atoms with Crippen LogP contribution in [0.25, 0.3) is 5.69 Å². The van der Waals surface area contributed by atoms with Gasteiger partial charge < -0.3 is 4.57 Å². The number of nitrogens with zero attached hydrogens (tertiary/aromatic N) is 3. The molecule has 4 rings (SSSR count). The molecular formula is C30H32N4O3S. The molecule has 3 aromatic carbocycles. The average molecular weight is 529 g/mol. The van der Waals surface area contributed by atoms with Gasteiger partial charge in [0.05, 0.1) is 17.7 Å². The number of carbonyl (C=O) groups excluding carboxylic acids is 1. The molecule has 0 spiro atoms. The van der Waals surface area contributed by atoms with Crippen LogP contribution >= 0.6 is 0 Å². The Morgan fingerprint density at radius 1 is 0.895 bits per heavy atom. The van der Waals surface area contributed by atoms with Gasteiger partial charge in [-0.2, -0.15) is 9.41 Å². The summed E-state index contributed by atoms with van der Waals surface area (Å²) in [5.41, 5.74) is 9.35. The van der Waals surface area contributed by atoms with Gasteiger partial charge in [0.15, 0.2) is 0 Å². The van der Waals surface area contributed by atoms with Crippen molar-refractivity contribution in [2.45, 2.75) is 39.1 Å². The number of nitrogens with one attached hydrogen (secondary N) is 1. The Balaban J connectivity index is 1.51. The lowest BCUT2D eigenvalue weighted by Crippen LogP contribution is -2.39. The number of amides is 1. The van der Waals surface area contributed by atoms with E-state index in [4.69, 9.17) is 0 Å². The van der Waals surface area contributed by atoms with E-state index in [1.54, 1.807) is 30.5 Å². The number of benzene rings is 3. The van der Waals surface area contributed by atoms with Crippen LogP contribution in [0.15, 0.2) is 94.9 Å². The van der Waals surface area contributed by atoms with Gasteiger partial charge in [-0.1, -0.05) is 65.7 Å². The molecular weight excluding hydrogens is 496 g/mol. The summed E-state index contributed by atoms with van der Waals surface area (Å²) < 4.78 is 30.1. The van der Waals surface area contributed by atoms with E-state index in [2.05, 4.69) is 39.4 Å². The lowest BCUT2D eigenvalue weighted by Gasteiger charge is -2.21. The van der Waals surface area contributed by atoms with Gasteiger partial charge in [0, 0.05) is 29.2 Å². The Hall–Kier alpha value is -4.01. The van der Waals surface area contributed by atoms with Gasteiger partial charge >= 0.3 is 0 Å². The minimum absolute atomic E-state index is 0.0614. The lowest BCUT2D eigenvalue weighted by molar-refractivity contribution is -0.121. The van der Waals surface area contributed by atoms with Gasteiger partial charge in [0.2, 0.25) is 10.0 Å². The van der Waals surface area contributed by atoms with Crippen LogP contribution in [0.4, 0.5) is 0 Å². The van der Waals surface area contributed by atoms with Gasteiger partial charge in [-0.15, -0.1) is 0 Å². The van der Waals surface area contributed by atoms with Crippen molar-refractivity contribution in [3.8, 4) is 5.69 Å². The number of sulfonamides is 1. The molecule has 7 nitrogen and oxygen atoms in total. The Bertz CT molecular complexity index is 1540. The predicted molar refractivity (Wildman–Crippen MR) is 151 cm³/mol. The van der Waals surface area contributed by atoms with E-state index in [-0.39, 0.29) is 18.0 Å². The number of rotatable bonds is 9. The molecule has 0 bridgehead atoms. The first-order valence-corrected chi connectivity index (χ1v) is 13.8. The molecule has 1 N–H and O–H groups in total. The molecule has 8 heteroatoms. The molecule has 0 aliphatic heterocycles. The second kappa shape index (κ2) is 11.6. The third-order valence-corrected chi connectivity index (χ3v) is 8.14. The summed E-state index contributed by atoms with van der Waals surface area (Å²) in [5, 5.41) is 4.13. The minimum Gasteiger partial charge on any atom is -0.318 e. The molecule has 0 unspecified atom stereocenters. The molecule has 1 heterocycles. The van der Waals surface area contributed by atoms with Gasteiger partial charge in [0.25, 0.3) is 5.91 Å². The van der Waals surface area contributed by atoms with Crippen molar-refractivity contribution in [1.29, 1.82) is 0 Å². The Labute approximate surface area is 224 Å². The lowest BCUT2D eigenvalue weighted by atomic mass is 10.2. The highest BCUT2D eigenvalue weighted by atomic mass is 32.2. The van der Waals surface area contributed by atoms with E-state index in [0.717, 1.165) is 33.8 Å². The Kier molecular flexibility index (Phi) is 8.24. The fraction of sp³-hybridized carbons (Fsp3) is 0.200. The van der Waals surface area contributed by atoms with Crippen molar-refractivity contribution >= 4 is 22.1 Å². The fourth-order valence-electron chi connectivity index (χ4n) is 4.25. The third-order valence-electron chi connectivity index (χ3n) is 6.34. The SMILES string of the molecule is Cc1ccc(-n2c(C)cc(/C=N/NC(=O)CN(Cc3ccccc3)S(=O)(=O)c3ccc(C)cc3)c2C)cc1. The number of hydrazone groups is 1. The fourth-order valence-corrected chi connectivity index (χ4v) is 5.64. The van der Waals surface area contributed by atoms with Gasteiger partial charge in [0.1, 0.15) is 0 Å². The van der Waals surface area contributed by atoms with Gasteiger partial charge in [-0.05, 0) is 63.6 Å². The normalized spacial score (nSPS) is 11.8. The molecule has 1 amide bonds. The molecule has 38 heavy (non-hydrogen) atoms. The topological polar surface area (TPSA) is 83.8 Å². The van der Waals surface area contributed by atoms with Crippen molar-refractivity contribution in [1.82, 2.24) is 14.3 Å². The maximum Gasteiger partial charge on any atom is 0.255 e. The van der Waals surface area contributed by atoms with E-state index in [9.17, 15) is 13.2 Å². The summed E-state index contributed by atoms with van der Waals surface area (Å²) in [6, 6.07) is 26.0. The zero-order chi connectivity index (χ0) is 27.3. The zero-order valence-corrected chi connectivity index (χ0v) is 22.9. The van der Waals surface area contributed by atoms with Gasteiger partial charge in [-0.3, -0.25) is 4.79 Å². The molecule has 0 aliphatic rings. The van der Waals surface area contributed by atoms with Gasteiger partial charge in [-0.25, -0.2) is 13.8 Å². The summed E-state index contributed by atoms with van der Waals surface area (Å²) in [5.74, 6) is -0.528. The molecule has 0 aliphatic carbocycles. The molecule has 0 fully saturated rings. The number of aromatic nitrogens is 1. The van der Waals surface area contributed by atoms with Crippen molar-refractivity contribution in [3.63, 3.8) is 0 Å². The second-order valence-corrected chi connectivity index (χ2v) is 11.3. The molecule has 0 radical (unpaired) electrons. The van der Waals surface area contributed by atoms with Crippen LogP contribution in [0.1, 0.15) is 33.6 Å². The summed E-state index contributed by atoms with van der Waals surface area (Å²) in [7, 11) is -3.91. The highest BCUT2D eigenvalue weighted by Gasteiger charge is 2.27. The summed E-state index contributed by atoms with van der Waals surface area (Å²) in [4.78, 5) is 13.0. The molecule has 0 atom stereocenters. The molecule has 0 saturated heterocycles. The monoisotopic (exact) mass is 528 g/mol. The highest BCUT2D eigenvalue weighted by molar-refractivity contribution is 7.89. The van der Waals surface area contributed by atoms with Crippen LogP contribution in [0.3, 0.4) is 0 Å². The number of hydrogen-bond acceptors (Lipinski definition) is 4. The number of carbonyl (C=O) groups is 1. The quantitative estimate of drug-likeness (QED) is 0.244. The predicted octanol–water partition coefficient (Wildman–Crippen LogP) is 5.05. The van der Waals surface area contributed by atoms with E-state index in [0.29, 0.717) is 0 Å². The number of hydrogen-bond donors (Lipinski definition) is 1. The first-order valence-electron chi connectivity index (χ1n) is 12.3. The summed E-state index contributed by atoms with van der Waals surface area (Å²) >= 11 is 0. The van der Waals surface area contributed by atoms with Crippen LogP contribution < -0.4 is 5.43 Å². The second-order valence-electron chi connectivity index (χ2n) is 9.36. The van der Waals surface area contributed by atoms with Crippen molar-refractivity contribution < 1.29 is 13.2 Å². The standard InChI is InChI=1S/C30H32N4O3S/c1-22-10-14-28(15-11-22)34-24(3)18-27(25(34)4)19-31-32-30(35)21-33(20-26-8-6-5-7-9-26)38(36,37)29-16-12-23(2)13-17-29/h5-19H,20-21H2,1-4H3,(H,32,35)/b31-19+. The van der Waals surface area contributed by atoms with E-state index < -0.39 is 15.9 Å². The van der Waals surface area contributed by atoms with E-state index in [1.165, 1.54) is 9.87 Å². The third kappa shape index (κ3) is 6.27. The van der Waals surface area contributed by atoms with Crippen molar-refractivity contribution in [3.05, 3.63) is 119 Å². The van der Waals surface area contributed by atoms with Crippen LogP contribution in [0.2, 0.25) is 0 Å². The van der Waals surface area contributed by atoms with Crippen LogP contribution in [0.5, 0.6) is 0 Å². The Morgan fingerprint density at radius 2 is 1.50 bits per heavy atom. The number of aryl methyl sites for hydroxylation is 3. The van der Waals surface area contributed by atoms with Crippen LogP contribution in [-0.4, -0.2) is 36.0 Å². The summed E-state index contributed by atoms with van der Waals surface area (Å²) in [6.45, 7) is 7.64. The first-order chi connectivity index (χ1) is 18.1. The molecule has 0 saturated carbocycles. The smallest absolute Gasteiger partial charge is 0.255 e. The van der Waals surface area contributed by atoms with Crippen LogP contribution in [-0.2, 0) is 21.4 Å². The van der Waals surface area contributed by atoms with Crippen molar-refractivity contribution in [2.24, 2.45) is 5.10 Å². The molecule has 196 valence electrons. The zero-order valence-electron chi connectivity index (χ0n) is 22.0. The average Bonchev–Trinajstić information content (AvgIpc) is 3.17. The summed E-state index contributed by atoms with van der Waals surface area (Å²) in [6.07, 6.45) is 1.58. The molecule has 1 aromatic heterocycles. The first kappa shape index (κ1) is 27.0. The van der Waals surface area contributed by atoms with E-state index in [1.807, 2.05) is 64.1 Å². The maximum atomic E-state index is 13.4. The Morgan fingerprint density at radius 3 is 2.13 bits per heavy atom. The maximum absolute atomic E-state index is 13.4. The van der Waals surface area contributed by atoms with E-state index >= 15 is 0 Å². The van der Waals surface area contributed by atoms with Crippen molar-refractivity contribution in [2.75, 3.05) is 6.54 Å². The van der Waals surface area contributed by atoms with Crippen LogP contribution in [0, 0.1) is 27.7 Å². The minimum atomic E-state index is -3.91.